The second-order valence-electron chi connectivity index (χ2n) is 9.72. The Bertz CT molecular complexity index is 1320. The highest BCUT2D eigenvalue weighted by Crippen LogP contribution is 2.43. The normalized spacial score (nSPS) is 18.8. The van der Waals surface area contributed by atoms with E-state index < -0.39 is 0 Å². The molecule has 1 saturated heterocycles. The summed E-state index contributed by atoms with van der Waals surface area (Å²) >= 11 is 1.47. The van der Waals surface area contributed by atoms with Gasteiger partial charge in [-0.15, -0.1) is 0 Å². The first-order valence-electron chi connectivity index (χ1n) is 13.0. The number of fused-ring (bicyclic) bond motifs is 1. The third-order valence-electron chi connectivity index (χ3n) is 7.11. The number of nitrogens with one attached hydrogen (secondary N) is 1. The SMILES string of the molecule is CCN1CCC[C@H]1CNC(=O)c1ccc2c(c1)N(Cc1cccc(C)c1)C(=O)/C(=C/c1ccccc1)S2. The van der Waals surface area contributed by atoms with Crippen LogP contribution in [0.5, 0.6) is 0 Å². The van der Waals surface area contributed by atoms with Gasteiger partial charge in [0.15, 0.2) is 0 Å². The number of likely N-dealkylation sites (N-methyl/N-ethyl adjacent to an activating group) is 1. The number of carbonyl (C=O) groups is 2. The Morgan fingerprint density at radius 1 is 1.08 bits per heavy atom. The minimum absolute atomic E-state index is 0.0510. The minimum Gasteiger partial charge on any atom is -0.350 e. The van der Waals surface area contributed by atoms with Crippen LogP contribution in [0, 0.1) is 6.92 Å². The lowest BCUT2D eigenvalue weighted by molar-refractivity contribution is -0.114. The highest BCUT2D eigenvalue weighted by Gasteiger charge is 2.30. The van der Waals surface area contributed by atoms with Crippen LogP contribution in [0.4, 0.5) is 5.69 Å². The van der Waals surface area contributed by atoms with Crippen LogP contribution in [0.3, 0.4) is 0 Å². The Balaban J connectivity index is 1.44. The fraction of sp³-hybridized carbons (Fsp3) is 0.290. The lowest BCUT2D eigenvalue weighted by atomic mass is 10.1. The Kier molecular flexibility index (Phi) is 7.77. The van der Waals surface area contributed by atoms with Crippen molar-refractivity contribution in [3.8, 4) is 0 Å². The Labute approximate surface area is 223 Å². The van der Waals surface area contributed by atoms with Gasteiger partial charge in [0.2, 0.25) is 0 Å². The molecule has 0 saturated carbocycles. The van der Waals surface area contributed by atoms with Crippen molar-refractivity contribution in [1.29, 1.82) is 0 Å². The van der Waals surface area contributed by atoms with Crippen molar-refractivity contribution >= 4 is 35.3 Å². The summed E-state index contributed by atoms with van der Waals surface area (Å²) in [4.78, 5) is 32.8. The van der Waals surface area contributed by atoms with Crippen molar-refractivity contribution < 1.29 is 9.59 Å². The summed E-state index contributed by atoms with van der Waals surface area (Å²) in [5, 5.41) is 3.13. The first kappa shape index (κ1) is 25.3. The second-order valence-corrected chi connectivity index (χ2v) is 10.8. The van der Waals surface area contributed by atoms with E-state index in [4.69, 9.17) is 0 Å². The molecular formula is C31H33N3O2S. The van der Waals surface area contributed by atoms with Gasteiger partial charge in [-0.3, -0.25) is 14.5 Å². The number of aryl methyl sites for hydroxylation is 1. The minimum atomic E-state index is -0.0932. The smallest absolute Gasteiger partial charge is 0.265 e. The molecular weight excluding hydrogens is 478 g/mol. The van der Waals surface area contributed by atoms with Crippen LogP contribution in [-0.2, 0) is 11.3 Å². The van der Waals surface area contributed by atoms with Crippen LogP contribution in [0.1, 0.15) is 46.8 Å². The van der Waals surface area contributed by atoms with E-state index in [-0.39, 0.29) is 11.8 Å². The zero-order valence-electron chi connectivity index (χ0n) is 21.4. The first-order chi connectivity index (χ1) is 18.0. The molecule has 6 heteroatoms. The lowest BCUT2D eigenvalue weighted by Crippen LogP contribution is -2.40. The van der Waals surface area contributed by atoms with Gasteiger partial charge < -0.3 is 10.2 Å². The lowest BCUT2D eigenvalue weighted by Gasteiger charge is -2.31. The molecule has 0 radical (unpaired) electrons. The number of carbonyl (C=O) groups excluding carboxylic acids is 2. The number of amides is 2. The van der Waals surface area contributed by atoms with Gasteiger partial charge in [0.05, 0.1) is 17.1 Å². The maximum absolute atomic E-state index is 13.8. The van der Waals surface area contributed by atoms with Gasteiger partial charge in [-0.1, -0.05) is 78.8 Å². The molecule has 2 amide bonds. The predicted molar refractivity (Wildman–Crippen MR) is 152 cm³/mol. The Hall–Kier alpha value is -3.35. The maximum atomic E-state index is 13.8. The molecule has 1 atom stereocenters. The summed E-state index contributed by atoms with van der Waals surface area (Å²) < 4.78 is 0. The number of hydrogen-bond donors (Lipinski definition) is 1. The molecule has 2 aliphatic heterocycles. The summed E-state index contributed by atoms with van der Waals surface area (Å²) in [5.74, 6) is -0.144. The van der Waals surface area contributed by atoms with E-state index in [9.17, 15) is 9.59 Å². The average molecular weight is 512 g/mol. The van der Waals surface area contributed by atoms with Crippen molar-refractivity contribution in [3.05, 3.63) is 100.0 Å². The zero-order valence-corrected chi connectivity index (χ0v) is 22.3. The van der Waals surface area contributed by atoms with E-state index in [1.165, 1.54) is 18.2 Å². The molecule has 1 N–H and O–H groups in total. The molecule has 0 bridgehead atoms. The van der Waals surface area contributed by atoms with Gasteiger partial charge in [-0.05, 0) is 68.3 Å². The van der Waals surface area contributed by atoms with Crippen LogP contribution < -0.4 is 10.2 Å². The van der Waals surface area contributed by atoms with E-state index >= 15 is 0 Å². The van der Waals surface area contributed by atoms with Crippen LogP contribution in [0.2, 0.25) is 0 Å². The van der Waals surface area contributed by atoms with E-state index in [0.29, 0.717) is 29.6 Å². The van der Waals surface area contributed by atoms with E-state index in [1.54, 1.807) is 0 Å². The molecule has 5 nitrogen and oxygen atoms in total. The topological polar surface area (TPSA) is 52.7 Å². The number of rotatable bonds is 7. The molecule has 37 heavy (non-hydrogen) atoms. The van der Waals surface area contributed by atoms with Crippen molar-refractivity contribution in [2.45, 2.75) is 44.2 Å². The fourth-order valence-corrected chi connectivity index (χ4v) is 6.20. The van der Waals surface area contributed by atoms with Crippen LogP contribution in [-0.4, -0.2) is 42.4 Å². The molecule has 190 valence electrons. The van der Waals surface area contributed by atoms with Gasteiger partial charge in [-0.2, -0.15) is 0 Å². The van der Waals surface area contributed by atoms with Crippen molar-refractivity contribution in [2.75, 3.05) is 24.5 Å². The molecule has 3 aromatic rings. The molecule has 0 aromatic heterocycles. The van der Waals surface area contributed by atoms with Gasteiger partial charge in [0.1, 0.15) is 0 Å². The molecule has 0 aliphatic carbocycles. The predicted octanol–water partition coefficient (Wildman–Crippen LogP) is 5.89. The van der Waals surface area contributed by atoms with Gasteiger partial charge in [-0.25, -0.2) is 0 Å². The zero-order chi connectivity index (χ0) is 25.8. The molecule has 5 rings (SSSR count). The van der Waals surface area contributed by atoms with E-state index in [2.05, 4.69) is 36.2 Å². The molecule has 2 aliphatic rings. The molecule has 2 heterocycles. The second kappa shape index (κ2) is 11.4. The fourth-order valence-electron chi connectivity index (χ4n) is 5.16. The highest BCUT2D eigenvalue weighted by molar-refractivity contribution is 8.04. The molecule has 1 fully saturated rings. The molecule has 0 spiro atoms. The first-order valence-corrected chi connectivity index (χ1v) is 13.8. The third kappa shape index (κ3) is 5.81. The number of nitrogens with zero attached hydrogens (tertiary/aromatic N) is 2. The number of benzene rings is 3. The summed E-state index contributed by atoms with van der Waals surface area (Å²) in [6, 6.07) is 24.2. The number of hydrogen-bond acceptors (Lipinski definition) is 4. The van der Waals surface area contributed by atoms with Gasteiger partial charge in [0, 0.05) is 23.0 Å². The van der Waals surface area contributed by atoms with Gasteiger partial charge in [0.25, 0.3) is 11.8 Å². The third-order valence-corrected chi connectivity index (χ3v) is 8.19. The standard InChI is InChI=1S/C31H33N3O2S/c1-3-33-16-8-13-26(33)20-32-30(35)25-14-15-28-27(19-25)34(21-24-12-7-9-22(2)17-24)31(36)29(37-28)18-23-10-5-4-6-11-23/h4-7,9-12,14-15,17-19,26H,3,8,13,16,20-21H2,1-2H3,(H,32,35)/b29-18-/t26-/m0/s1. The van der Waals surface area contributed by atoms with Crippen molar-refractivity contribution in [2.24, 2.45) is 0 Å². The Morgan fingerprint density at radius 2 is 1.92 bits per heavy atom. The largest absolute Gasteiger partial charge is 0.350 e. The maximum Gasteiger partial charge on any atom is 0.265 e. The monoisotopic (exact) mass is 511 g/mol. The van der Waals surface area contributed by atoms with Gasteiger partial charge >= 0.3 is 0 Å². The van der Waals surface area contributed by atoms with Crippen molar-refractivity contribution in [3.63, 3.8) is 0 Å². The summed E-state index contributed by atoms with van der Waals surface area (Å²) in [7, 11) is 0. The van der Waals surface area contributed by atoms with Crippen LogP contribution in [0.25, 0.3) is 6.08 Å². The number of likely N-dealkylation sites (tertiary alicyclic amines) is 1. The quantitative estimate of drug-likeness (QED) is 0.402. The van der Waals surface area contributed by atoms with E-state index in [1.807, 2.05) is 71.6 Å². The summed E-state index contributed by atoms with van der Waals surface area (Å²) in [5.41, 5.74) is 4.56. The Morgan fingerprint density at radius 3 is 2.70 bits per heavy atom. The average Bonchev–Trinajstić information content (AvgIpc) is 3.38. The molecule has 0 unspecified atom stereocenters. The van der Waals surface area contributed by atoms with Crippen LogP contribution in [0.15, 0.2) is 82.6 Å². The van der Waals surface area contributed by atoms with Crippen molar-refractivity contribution in [1.82, 2.24) is 10.2 Å². The van der Waals surface area contributed by atoms with Crippen LogP contribution >= 0.6 is 11.8 Å². The molecule has 3 aromatic carbocycles. The number of thioether (sulfide) groups is 1. The van der Waals surface area contributed by atoms with E-state index in [0.717, 1.165) is 46.8 Å². The summed E-state index contributed by atoms with van der Waals surface area (Å²) in [6.07, 6.45) is 4.24. The summed E-state index contributed by atoms with van der Waals surface area (Å²) in [6.45, 7) is 7.42. The highest BCUT2D eigenvalue weighted by atomic mass is 32.2. The number of anilines is 1.